The van der Waals surface area contributed by atoms with Crippen molar-refractivity contribution >= 4 is 28.5 Å². The first-order chi connectivity index (χ1) is 12.7. The summed E-state index contributed by atoms with van der Waals surface area (Å²) in [6.07, 6.45) is 3.29. The van der Waals surface area contributed by atoms with Gasteiger partial charge in [0.1, 0.15) is 0 Å². The van der Waals surface area contributed by atoms with Crippen LogP contribution >= 0.6 is 11.3 Å². The van der Waals surface area contributed by atoms with Crippen molar-refractivity contribution < 1.29 is 4.79 Å². The minimum Gasteiger partial charge on any atom is -0.362 e. The van der Waals surface area contributed by atoms with Crippen LogP contribution in [0.5, 0.6) is 0 Å². The predicted octanol–water partition coefficient (Wildman–Crippen LogP) is 3.04. The molecule has 6 nitrogen and oxygen atoms in total. The number of thiophene rings is 1. The maximum atomic E-state index is 12.7. The van der Waals surface area contributed by atoms with Gasteiger partial charge in [0.15, 0.2) is 5.65 Å². The third kappa shape index (κ3) is 2.77. The minimum absolute atomic E-state index is 0.0560. The molecule has 0 saturated carbocycles. The van der Waals surface area contributed by atoms with Gasteiger partial charge < -0.3 is 10.6 Å². The maximum absolute atomic E-state index is 12.7. The highest BCUT2D eigenvalue weighted by Gasteiger charge is 2.18. The average molecular weight is 363 g/mol. The number of hydrogen-bond acceptors (Lipinski definition) is 6. The molecule has 7 heteroatoms. The van der Waals surface area contributed by atoms with E-state index in [0.29, 0.717) is 22.8 Å². The lowest BCUT2D eigenvalue weighted by Crippen LogP contribution is -2.24. The molecule has 0 unspecified atom stereocenters. The van der Waals surface area contributed by atoms with Gasteiger partial charge >= 0.3 is 0 Å². The molecule has 0 bridgehead atoms. The lowest BCUT2D eigenvalue weighted by Gasteiger charge is -2.16. The highest BCUT2D eigenvalue weighted by Crippen LogP contribution is 2.25. The number of nitrogens with two attached hydrogens (primary N) is 1. The summed E-state index contributed by atoms with van der Waals surface area (Å²) in [5.41, 5.74) is 9.64. The molecule has 0 spiro atoms. The van der Waals surface area contributed by atoms with Crippen molar-refractivity contribution in [2.75, 3.05) is 18.6 Å². The summed E-state index contributed by atoms with van der Waals surface area (Å²) in [6.45, 7) is 0.451. The van der Waals surface area contributed by atoms with Crippen molar-refractivity contribution in [3.05, 3.63) is 70.7 Å². The average Bonchev–Trinajstić information content (AvgIpc) is 3.36. The van der Waals surface area contributed by atoms with Crippen LogP contribution in [0, 0.1) is 0 Å². The van der Waals surface area contributed by atoms with Crippen LogP contribution in [0.25, 0.3) is 16.9 Å². The molecule has 4 rings (SSSR count). The van der Waals surface area contributed by atoms with Gasteiger partial charge in [-0.15, -0.1) is 11.3 Å². The number of aromatic nitrogens is 3. The van der Waals surface area contributed by atoms with Crippen LogP contribution in [0.1, 0.15) is 15.2 Å². The summed E-state index contributed by atoms with van der Waals surface area (Å²) in [4.78, 5) is 19.7. The molecular formula is C19H17N5OS. The molecule has 3 aromatic heterocycles. The molecule has 0 aliphatic rings. The number of carbonyl (C=O) groups excluding carboxylic acids is 1. The van der Waals surface area contributed by atoms with E-state index in [1.807, 2.05) is 59.8 Å². The van der Waals surface area contributed by atoms with E-state index in [4.69, 9.17) is 5.73 Å². The second-order valence-corrected chi connectivity index (χ2v) is 6.81. The van der Waals surface area contributed by atoms with Gasteiger partial charge in [0.05, 0.1) is 29.0 Å². The van der Waals surface area contributed by atoms with E-state index in [9.17, 15) is 4.79 Å². The Morgan fingerprint density at radius 2 is 2.04 bits per heavy atom. The quantitative estimate of drug-likeness (QED) is 0.436. The Bertz CT molecular complexity index is 1050. The number of benzene rings is 1. The van der Waals surface area contributed by atoms with Crippen molar-refractivity contribution in [3.63, 3.8) is 0 Å². The molecule has 1 aromatic carbocycles. The van der Waals surface area contributed by atoms with Gasteiger partial charge in [-0.25, -0.2) is 9.50 Å². The number of nitrogens with zero attached hydrogens (tertiary/aromatic N) is 4. The van der Waals surface area contributed by atoms with Gasteiger partial charge in [-0.2, -0.15) is 5.10 Å². The van der Waals surface area contributed by atoms with Gasteiger partial charge in [-0.1, -0.05) is 18.2 Å². The van der Waals surface area contributed by atoms with Crippen LogP contribution in [0.3, 0.4) is 0 Å². The number of hydrogen-bond donors (Lipinski definition) is 1. The van der Waals surface area contributed by atoms with E-state index in [2.05, 4.69) is 10.1 Å². The highest BCUT2D eigenvalue weighted by molar-refractivity contribution is 7.12. The summed E-state index contributed by atoms with van der Waals surface area (Å²) in [5.74, 6) is -0.0560. The summed E-state index contributed by atoms with van der Waals surface area (Å²) >= 11 is 1.42. The number of fused-ring (bicyclic) bond motifs is 1. The van der Waals surface area contributed by atoms with E-state index in [1.165, 1.54) is 11.3 Å². The van der Waals surface area contributed by atoms with Crippen molar-refractivity contribution in [1.29, 1.82) is 0 Å². The first kappa shape index (κ1) is 16.4. The molecule has 130 valence electrons. The summed E-state index contributed by atoms with van der Waals surface area (Å²) in [7, 11) is 1.94. The molecule has 4 aromatic rings. The number of rotatable bonds is 5. The monoisotopic (exact) mass is 363 g/mol. The van der Waals surface area contributed by atoms with Crippen molar-refractivity contribution in [2.24, 2.45) is 5.73 Å². The molecule has 0 aliphatic carbocycles. The third-order valence-electron chi connectivity index (χ3n) is 4.27. The van der Waals surface area contributed by atoms with Crippen LogP contribution in [-0.2, 0) is 0 Å². The fraction of sp³-hybridized carbons (Fsp3) is 0.105. The number of carbonyl (C=O) groups is 1. The van der Waals surface area contributed by atoms with Crippen LogP contribution in [0.4, 0.5) is 5.69 Å². The Hall–Kier alpha value is -3.03. The smallest absolute Gasteiger partial charge is 0.208 e. The molecule has 26 heavy (non-hydrogen) atoms. The molecular weight excluding hydrogens is 346 g/mol. The van der Waals surface area contributed by atoms with Crippen LogP contribution in [0.15, 0.2) is 60.2 Å². The normalized spacial score (nSPS) is 11.0. The Kier molecular flexibility index (Phi) is 4.24. The zero-order valence-electron chi connectivity index (χ0n) is 14.2. The topological polar surface area (TPSA) is 76.5 Å². The van der Waals surface area contributed by atoms with E-state index >= 15 is 0 Å². The van der Waals surface area contributed by atoms with Crippen LogP contribution in [0.2, 0.25) is 0 Å². The van der Waals surface area contributed by atoms with Crippen molar-refractivity contribution in [2.45, 2.75) is 0 Å². The fourth-order valence-corrected chi connectivity index (χ4v) is 3.48. The first-order valence-corrected chi connectivity index (χ1v) is 8.99. The SMILES string of the molecule is CN(CN)c1ccc(-c2ccnc3c(C(=O)c4cccs4)cnn23)cc1. The summed E-state index contributed by atoms with van der Waals surface area (Å²) in [5, 5.41) is 6.29. The van der Waals surface area contributed by atoms with Crippen LogP contribution in [-0.4, -0.2) is 34.1 Å². The molecule has 2 N–H and O–H groups in total. The number of anilines is 1. The molecule has 0 saturated heterocycles. The lowest BCUT2D eigenvalue weighted by molar-refractivity contribution is 0.104. The Balaban J connectivity index is 1.77. The second-order valence-electron chi connectivity index (χ2n) is 5.86. The molecule has 3 heterocycles. The van der Waals surface area contributed by atoms with Gasteiger partial charge in [-0.05, 0) is 29.6 Å². The molecule has 0 radical (unpaired) electrons. The molecule has 0 fully saturated rings. The van der Waals surface area contributed by atoms with Gasteiger partial charge in [0, 0.05) is 24.5 Å². The second kappa shape index (κ2) is 6.70. The zero-order chi connectivity index (χ0) is 18.1. The molecule has 0 atom stereocenters. The summed E-state index contributed by atoms with van der Waals surface area (Å²) < 4.78 is 1.71. The third-order valence-corrected chi connectivity index (χ3v) is 5.14. The first-order valence-electron chi connectivity index (χ1n) is 8.11. The lowest BCUT2D eigenvalue weighted by atomic mass is 10.1. The van der Waals surface area contributed by atoms with E-state index < -0.39 is 0 Å². The van der Waals surface area contributed by atoms with Crippen molar-refractivity contribution in [3.8, 4) is 11.3 Å². The van der Waals surface area contributed by atoms with E-state index in [-0.39, 0.29) is 5.78 Å². The van der Waals surface area contributed by atoms with Crippen molar-refractivity contribution in [1.82, 2.24) is 14.6 Å². The van der Waals surface area contributed by atoms with E-state index in [0.717, 1.165) is 16.9 Å². The Morgan fingerprint density at radius 3 is 2.73 bits per heavy atom. The zero-order valence-corrected chi connectivity index (χ0v) is 15.0. The maximum Gasteiger partial charge on any atom is 0.208 e. The van der Waals surface area contributed by atoms with Gasteiger partial charge in [-0.3, -0.25) is 4.79 Å². The summed E-state index contributed by atoms with van der Waals surface area (Å²) in [6, 6.07) is 13.6. The standard InChI is InChI=1S/C19H17N5OS/c1-23(12-20)14-6-4-13(5-7-14)16-8-9-21-19-15(11-22-24(16)19)18(25)17-3-2-10-26-17/h2-11H,12,20H2,1H3. The van der Waals surface area contributed by atoms with Crippen LogP contribution < -0.4 is 10.6 Å². The van der Waals surface area contributed by atoms with E-state index in [1.54, 1.807) is 16.9 Å². The highest BCUT2D eigenvalue weighted by atomic mass is 32.1. The fourth-order valence-electron chi connectivity index (χ4n) is 2.80. The molecule has 0 amide bonds. The Labute approximate surface area is 154 Å². The minimum atomic E-state index is -0.0560. The molecule has 0 aliphatic heterocycles. The Morgan fingerprint density at radius 1 is 1.23 bits per heavy atom. The number of ketones is 1. The van der Waals surface area contributed by atoms with Gasteiger partial charge in [0.25, 0.3) is 0 Å². The van der Waals surface area contributed by atoms with Gasteiger partial charge in [0.2, 0.25) is 5.78 Å². The largest absolute Gasteiger partial charge is 0.362 e. The predicted molar refractivity (Wildman–Crippen MR) is 104 cm³/mol.